The van der Waals surface area contributed by atoms with Crippen LogP contribution in [0.2, 0.25) is 0 Å². The highest BCUT2D eigenvalue weighted by atomic mass is 16.2. The second-order valence-corrected chi connectivity index (χ2v) is 6.01. The molecule has 1 aliphatic rings. The normalized spacial score (nSPS) is 18.3. The fourth-order valence-electron chi connectivity index (χ4n) is 2.97. The molecule has 6 heteroatoms. The summed E-state index contributed by atoms with van der Waals surface area (Å²) in [5.74, 6) is -0.181. The molecule has 1 atom stereocenters. The number of carbonyl (C=O) groups is 2. The largest absolute Gasteiger partial charge is 0.352 e. The number of piperidine rings is 1. The predicted molar refractivity (Wildman–Crippen MR) is 90.0 cm³/mol. The number of benzene rings is 1. The molecule has 4 N–H and O–H groups in total. The highest BCUT2D eigenvalue weighted by Crippen LogP contribution is 2.11. The Morgan fingerprint density at radius 1 is 1.26 bits per heavy atom. The van der Waals surface area contributed by atoms with E-state index in [4.69, 9.17) is 5.73 Å². The molecule has 0 aromatic heterocycles. The van der Waals surface area contributed by atoms with Crippen LogP contribution in [-0.4, -0.2) is 49.1 Å². The van der Waals surface area contributed by atoms with E-state index in [0.29, 0.717) is 0 Å². The molecule has 1 heterocycles. The number of nitrogens with zero attached hydrogens (tertiary/aromatic N) is 1. The molecule has 0 radical (unpaired) electrons. The number of nitrogens with one attached hydrogen (secondary N) is 2. The molecule has 1 aromatic carbocycles. The van der Waals surface area contributed by atoms with E-state index in [2.05, 4.69) is 39.8 Å². The lowest BCUT2D eigenvalue weighted by Gasteiger charge is -2.33. The molecule has 3 amide bonds. The molecular weight excluding hydrogens is 292 g/mol. The van der Waals surface area contributed by atoms with E-state index in [1.165, 1.54) is 5.56 Å². The number of urea groups is 1. The van der Waals surface area contributed by atoms with Crippen molar-refractivity contribution in [3.63, 3.8) is 0 Å². The lowest BCUT2D eigenvalue weighted by atomic mass is 10.0. The van der Waals surface area contributed by atoms with Gasteiger partial charge in [0.15, 0.2) is 0 Å². The first-order valence-electron chi connectivity index (χ1n) is 8.22. The Balaban J connectivity index is 1.66. The highest BCUT2D eigenvalue weighted by molar-refractivity contribution is 5.83. The minimum Gasteiger partial charge on any atom is -0.352 e. The summed E-state index contributed by atoms with van der Waals surface area (Å²) in [6.07, 6.45) is 4.27. The van der Waals surface area contributed by atoms with Crippen LogP contribution in [0.5, 0.6) is 0 Å². The number of likely N-dealkylation sites (tertiary alicyclic amines) is 1. The van der Waals surface area contributed by atoms with Crippen LogP contribution in [0.3, 0.4) is 0 Å². The fourth-order valence-corrected chi connectivity index (χ4v) is 2.97. The van der Waals surface area contributed by atoms with Gasteiger partial charge in [-0.1, -0.05) is 30.3 Å². The number of rotatable bonds is 7. The van der Waals surface area contributed by atoms with E-state index in [9.17, 15) is 9.59 Å². The summed E-state index contributed by atoms with van der Waals surface area (Å²) in [5.41, 5.74) is 6.33. The van der Waals surface area contributed by atoms with E-state index < -0.39 is 6.03 Å². The van der Waals surface area contributed by atoms with Gasteiger partial charge in [-0.25, -0.2) is 4.79 Å². The number of nitrogens with two attached hydrogens (primary N) is 1. The maximum atomic E-state index is 11.7. The van der Waals surface area contributed by atoms with Crippen molar-refractivity contribution in [3.05, 3.63) is 35.9 Å². The molecular formula is C17H26N4O2. The molecule has 0 saturated carbocycles. The second-order valence-electron chi connectivity index (χ2n) is 6.01. The maximum absolute atomic E-state index is 11.7. The van der Waals surface area contributed by atoms with Gasteiger partial charge in [0, 0.05) is 12.6 Å². The Morgan fingerprint density at radius 3 is 2.78 bits per heavy atom. The molecule has 2 rings (SSSR count). The van der Waals surface area contributed by atoms with E-state index in [-0.39, 0.29) is 18.5 Å². The third kappa shape index (κ3) is 6.69. The molecule has 0 unspecified atom stereocenters. The summed E-state index contributed by atoms with van der Waals surface area (Å²) in [6.45, 7) is 2.94. The fraction of sp³-hybridized carbons (Fsp3) is 0.529. The molecule has 0 spiro atoms. The van der Waals surface area contributed by atoms with Crippen molar-refractivity contribution in [2.24, 2.45) is 5.73 Å². The van der Waals surface area contributed by atoms with Gasteiger partial charge in [0.25, 0.3) is 0 Å². The molecule has 126 valence electrons. The van der Waals surface area contributed by atoms with Gasteiger partial charge in [0.05, 0.1) is 6.54 Å². The number of hydrogen-bond donors (Lipinski definition) is 3. The van der Waals surface area contributed by atoms with E-state index in [1.807, 2.05) is 6.07 Å². The van der Waals surface area contributed by atoms with Gasteiger partial charge >= 0.3 is 6.03 Å². The molecule has 1 aliphatic heterocycles. The standard InChI is InChI=1S/C17H26N4O2/c18-17(23)19-12-16(22)20-15-9-5-11-21(13-15)10-4-8-14-6-2-1-3-7-14/h1-3,6-7,15H,4-5,8-13H2,(H,20,22)(H3,18,19,23)/t15-/m1/s1. The molecule has 0 aliphatic carbocycles. The van der Waals surface area contributed by atoms with Crippen LogP contribution < -0.4 is 16.4 Å². The number of amides is 3. The van der Waals surface area contributed by atoms with Crippen molar-refractivity contribution in [1.82, 2.24) is 15.5 Å². The molecule has 6 nitrogen and oxygen atoms in total. The Bertz CT molecular complexity index is 507. The highest BCUT2D eigenvalue weighted by Gasteiger charge is 2.20. The molecule has 1 saturated heterocycles. The Kier molecular flexibility index (Phi) is 6.87. The number of hydrogen-bond acceptors (Lipinski definition) is 3. The monoisotopic (exact) mass is 318 g/mol. The maximum Gasteiger partial charge on any atom is 0.312 e. The van der Waals surface area contributed by atoms with Gasteiger partial charge in [-0.05, 0) is 44.3 Å². The van der Waals surface area contributed by atoms with Crippen molar-refractivity contribution >= 4 is 11.9 Å². The minimum atomic E-state index is -0.675. The zero-order valence-electron chi connectivity index (χ0n) is 13.5. The van der Waals surface area contributed by atoms with Crippen molar-refractivity contribution in [1.29, 1.82) is 0 Å². The van der Waals surface area contributed by atoms with Crippen LogP contribution in [-0.2, 0) is 11.2 Å². The van der Waals surface area contributed by atoms with Crippen LogP contribution in [0.1, 0.15) is 24.8 Å². The summed E-state index contributed by atoms with van der Waals surface area (Å²) in [4.78, 5) is 24.7. The Labute approximate surface area is 137 Å². The lowest BCUT2D eigenvalue weighted by Crippen LogP contribution is -2.50. The van der Waals surface area contributed by atoms with Crippen molar-refractivity contribution in [2.75, 3.05) is 26.2 Å². The topological polar surface area (TPSA) is 87.5 Å². The van der Waals surface area contributed by atoms with E-state index >= 15 is 0 Å². The number of carbonyl (C=O) groups excluding carboxylic acids is 2. The van der Waals surface area contributed by atoms with Crippen LogP contribution in [0.25, 0.3) is 0 Å². The van der Waals surface area contributed by atoms with Gasteiger partial charge in [0.2, 0.25) is 5.91 Å². The Hall–Kier alpha value is -2.08. The summed E-state index contributed by atoms with van der Waals surface area (Å²) in [6, 6.07) is 9.97. The molecule has 1 aromatic rings. The lowest BCUT2D eigenvalue weighted by molar-refractivity contribution is -0.121. The first-order valence-corrected chi connectivity index (χ1v) is 8.22. The summed E-state index contributed by atoms with van der Waals surface area (Å²) in [5, 5.41) is 5.27. The summed E-state index contributed by atoms with van der Waals surface area (Å²) < 4.78 is 0. The van der Waals surface area contributed by atoms with Crippen molar-refractivity contribution < 1.29 is 9.59 Å². The van der Waals surface area contributed by atoms with Gasteiger partial charge in [-0.15, -0.1) is 0 Å². The van der Waals surface area contributed by atoms with Gasteiger partial charge in [-0.2, -0.15) is 0 Å². The average molecular weight is 318 g/mol. The van der Waals surface area contributed by atoms with E-state index in [1.54, 1.807) is 0 Å². The van der Waals surface area contributed by atoms with Gasteiger partial charge < -0.3 is 21.3 Å². The molecule has 0 bridgehead atoms. The average Bonchev–Trinajstić information content (AvgIpc) is 2.54. The first-order chi connectivity index (χ1) is 11.1. The molecule has 1 fully saturated rings. The van der Waals surface area contributed by atoms with Crippen LogP contribution >= 0.6 is 0 Å². The minimum absolute atomic E-state index is 0.0557. The smallest absolute Gasteiger partial charge is 0.312 e. The predicted octanol–water partition coefficient (Wildman–Crippen LogP) is 0.868. The van der Waals surface area contributed by atoms with Crippen LogP contribution in [0.15, 0.2) is 30.3 Å². The van der Waals surface area contributed by atoms with Crippen molar-refractivity contribution in [2.45, 2.75) is 31.7 Å². The van der Waals surface area contributed by atoms with Crippen molar-refractivity contribution in [3.8, 4) is 0 Å². The summed E-state index contributed by atoms with van der Waals surface area (Å²) >= 11 is 0. The van der Waals surface area contributed by atoms with Gasteiger partial charge in [-0.3, -0.25) is 4.79 Å². The Morgan fingerprint density at radius 2 is 2.04 bits per heavy atom. The second kappa shape index (κ2) is 9.15. The first kappa shape index (κ1) is 17.3. The summed E-state index contributed by atoms with van der Waals surface area (Å²) in [7, 11) is 0. The molecule has 23 heavy (non-hydrogen) atoms. The number of primary amides is 1. The SMILES string of the molecule is NC(=O)NCC(=O)N[C@@H]1CCCN(CCCc2ccccc2)C1. The third-order valence-corrected chi connectivity index (χ3v) is 4.08. The van der Waals surface area contributed by atoms with E-state index in [0.717, 1.165) is 45.3 Å². The van der Waals surface area contributed by atoms with Gasteiger partial charge in [0.1, 0.15) is 0 Å². The van der Waals surface area contributed by atoms with Crippen LogP contribution in [0.4, 0.5) is 4.79 Å². The quantitative estimate of drug-likeness (QED) is 0.697. The number of aryl methyl sites for hydroxylation is 1. The third-order valence-electron chi connectivity index (χ3n) is 4.08. The van der Waals surface area contributed by atoms with Crippen LogP contribution in [0, 0.1) is 0 Å². The zero-order chi connectivity index (χ0) is 16.5. The zero-order valence-corrected chi connectivity index (χ0v) is 13.5.